The van der Waals surface area contributed by atoms with Crippen LogP contribution in [0.2, 0.25) is 0 Å². The molecule has 0 fully saturated rings. The van der Waals surface area contributed by atoms with Crippen LogP contribution in [-0.2, 0) is 16.0 Å². The van der Waals surface area contributed by atoms with Gasteiger partial charge in [-0.3, -0.25) is 14.4 Å². The van der Waals surface area contributed by atoms with Gasteiger partial charge >= 0.3 is 0 Å². The van der Waals surface area contributed by atoms with Gasteiger partial charge < -0.3 is 28.9 Å². The average Bonchev–Trinajstić information content (AvgIpc) is 3.39. The number of hydrogen-bond acceptors (Lipinski definition) is 6. The number of fused-ring (bicyclic) bond motifs is 2. The Kier molecular flexibility index (Phi) is 8.53. The van der Waals surface area contributed by atoms with Gasteiger partial charge in [-0.1, -0.05) is 18.2 Å². The molecule has 0 N–H and O–H groups in total. The van der Waals surface area contributed by atoms with Crippen molar-refractivity contribution in [1.82, 2.24) is 14.7 Å². The number of rotatable bonds is 5. The molecule has 198 valence electrons. The maximum atomic E-state index is 13.3. The van der Waals surface area contributed by atoms with E-state index in [0.29, 0.717) is 48.7 Å². The summed E-state index contributed by atoms with van der Waals surface area (Å²) < 4.78 is 16.6. The third kappa shape index (κ3) is 6.34. The fourth-order valence-corrected chi connectivity index (χ4v) is 4.65. The number of ether oxygens (including phenoxy) is 3. The summed E-state index contributed by atoms with van der Waals surface area (Å²) >= 11 is 0. The molecule has 2 aliphatic heterocycles. The van der Waals surface area contributed by atoms with Gasteiger partial charge in [-0.2, -0.15) is 0 Å². The smallest absolute Gasteiger partial charge is 0.260 e. The summed E-state index contributed by atoms with van der Waals surface area (Å²) in [4.78, 5) is 44.1. The van der Waals surface area contributed by atoms with E-state index < -0.39 is 6.04 Å². The minimum Gasteiger partial charge on any atom is -0.483 e. The van der Waals surface area contributed by atoms with Crippen molar-refractivity contribution in [3.63, 3.8) is 0 Å². The molecular weight excluding hydrogens is 474 g/mol. The first-order chi connectivity index (χ1) is 17.8. The van der Waals surface area contributed by atoms with Crippen LogP contribution in [0.1, 0.15) is 41.6 Å². The van der Waals surface area contributed by atoms with Crippen LogP contribution in [0.3, 0.4) is 0 Å². The molecule has 4 rings (SSSR count). The van der Waals surface area contributed by atoms with Gasteiger partial charge in [-0.05, 0) is 61.9 Å². The average molecular weight is 510 g/mol. The van der Waals surface area contributed by atoms with Crippen molar-refractivity contribution in [2.75, 3.05) is 47.6 Å². The molecule has 3 amide bonds. The molecule has 0 saturated carbocycles. The van der Waals surface area contributed by atoms with E-state index in [2.05, 4.69) is 0 Å². The van der Waals surface area contributed by atoms with Crippen LogP contribution in [0.25, 0.3) is 0 Å². The number of benzene rings is 2. The first-order valence-corrected chi connectivity index (χ1v) is 12.7. The number of carbonyl (C=O) groups is 3. The second kappa shape index (κ2) is 12.0. The fourth-order valence-electron chi connectivity index (χ4n) is 4.65. The van der Waals surface area contributed by atoms with Gasteiger partial charge in [-0.25, -0.2) is 0 Å². The minimum absolute atomic E-state index is 0.0997. The number of amides is 3. The molecule has 0 bridgehead atoms. The fraction of sp³-hybridized carbons (Fsp3) is 0.464. The Hall–Kier alpha value is -3.75. The Labute approximate surface area is 217 Å². The molecule has 0 aliphatic carbocycles. The molecule has 9 heteroatoms. The molecule has 0 spiro atoms. The topological polar surface area (TPSA) is 88.6 Å². The zero-order chi connectivity index (χ0) is 26.4. The largest absolute Gasteiger partial charge is 0.483 e. The van der Waals surface area contributed by atoms with Gasteiger partial charge in [0.05, 0.1) is 0 Å². The number of para-hydroxylation sites is 1. The van der Waals surface area contributed by atoms with Crippen LogP contribution in [-0.4, -0.2) is 86.1 Å². The molecule has 2 aromatic carbocycles. The first-order valence-electron chi connectivity index (χ1n) is 12.7. The number of aryl methyl sites for hydroxylation is 1. The lowest BCUT2D eigenvalue weighted by Crippen LogP contribution is -2.50. The zero-order valence-electron chi connectivity index (χ0n) is 21.8. The summed E-state index contributed by atoms with van der Waals surface area (Å²) in [6, 6.07) is 12.2. The summed E-state index contributed by atoms with van der Waals surface area (Å²) in [5, 5.41) is 0. The van der Waals surface area contributed by atoms with Crippen LogP contribution in [0.5, 0.6) is 17.2 Å². The van der Waals surface area contributed by atoms with Crippen LogP contribution < -0.4 is 14.2 Å². The van der Waals surface area contributed by atoms with Gasteiger partial charge in [0.1, 0.15) is 11.8 Å². The lowest BCUT2D eigenvalue weighted by Gasteiger charge is -2.31. The Morgan fingerprint density at radius 3 is 2.62 bits per heavy atom. The lowest BCUT2D eigenvalue weighted by atomic mass is 10.1. The number of carbonyl (C=O) groups excluding carboxylic acids is 3. The number of nitrogens with zero attached hydrogens (tertiary/aromatic N) is 3. The summed E-state index contributed by atoms with van der Waals surface area (Å²) in [5.41, 5.74) is 1.58. The summed E-state index contributed by atoms with van der Waals surface area (Å²) in [6.07, 6.45) is 3.58. The van der Waals surface area contributed by atoms with Crippen LogP contribution in [0, 0.1) is 0 Å². The highest BCUT2D eigenvalue weighted by Crippen LogP contribution is 2.32. The molecule has 0 radical (unpaired) electrons. The first kappa shape index (κ1) is 26.3. The van der Waals surface area contributed by atoms with Crippen molar-refractivity contribution in [2.45, 2.75) is 38.1 Å². The van der Waals surface area contributed by atoms with Gasteiger partial charge in [0.2, 0.25) is 12.7 Å². The van der Waals surface area contributed by atoms with Gasteiger partial charge in [0.15, 0.2) is 18.1 Å². The summed E-state index contributed by atoms with van der Waals surface area (Å²) in [6.45, 7) is 1.07. The summed E-state index contributed by atoms with van der Waals surface area (Å²) in [5.74, 6) is 1.39. The molecule has 0 saturated heterocycles. The Balaban J connectivity index is 1.40. The molecular formula is C28H35N3O6. The van der Waals surface area contributed by atoms with Crippen molar-refractivity contribution in [1.29, 1.82) is 0 Å². The molecule has 0 unspecified atom stereocenters. The molecule has 1 atom stereocenters. The molecule has 0 aromatic heterocycles. The molecule has 37 heavy (non-hydrogen) atoms. The standard InChI is InChI=1S/C28H35N3O6/c1-29(27(33)21-13-14-24-25(17-21)37-19-36-24)16-8-11-22-28(34)30(2)15-7-6-10-20-9-4-5-12-23(20)35-18-26(32)31(22)3/h4-5,9,12-14,17,22H,6-8,10-11,15-16,18-19H2,1-3H3/t22-/m0/s1. The number of likely N-dealkylation sites (N-methyl/N-ethyl adjacent to an activating group) is 2. The van der Waals surface area contributed by atoms with Crippen LogP contribution >= 0.6 is 0 Å². The van der Waals surface area contributed by atoms with Crippen molar-refractivity contribution >= 4 is 17.7 Å². The van der Waals surface area contributed by atoms with Crippen LogP contribution in [0.4, 0.5) is 0 Å². The quantitative estimate of drug-likeness (QED) is 0.616. The van der Waals surface area contributed by atoms with E-state index in [1.165, 1.54) is 4.90 Å². The highest BCUT2D eigenvalue weighted by Gasteiger charge is 2.30. The Morgan fingerprint density at radius 2 is 1.78 bits per heavy atom. The second-order valence-electron chi connectivity index (χ2n) is 9.57. The predicted molar refractivity (Wildman–Crippen MR) is 138 cm³/mol. The highest BCUT2D eigenvalue weighted by molar-refractivity contribution is 5.94. The minimum atomic E-state index is -0.633. The highest BCUT2D eigenvalue weighted by atomic mass is 16.7. The van der Waals surface area contributed by atoms with E-state index in [4.69, 9.17) is 14.2 Å². The third-order valence-electron chi connectivity index (χ3n) is 6.97. The van der Waals surface area contributed by atoms with Crippen molar-refractivity contribution in [3.05, 3.63) is 53.6 Å². The maximum Gasteiger partial charge on any atom is 0.260 e. The second-order valence-corrected chi connectivity index (χ2v) is 9.57. The van der Waals surface area contributed by atoms with E-state index in [9.17, 15) is 14.4 Å². The van der Waals surface area contributed by atoms with Crippen LogP contribution in [0.15, 0.2) is 42.5 Å². The van der Waals surface area contributed by atoms with Gasteiger partial charge in [0, 0.05) is 39.8 Å². The van der Waals surface area contributed by atoms with Crippen molar-refractivity contribution in [2.24, 2.45) is 0 Å². The molecule has 2 aliphatic rings. The monoisotopic (exact) mass is 509 g/mol. The van der Waals surface area contributed by atoms with Crippen molar-refractivity contribution in [3.8, 4) is 17.2 Å². The van der Waals surface area contributed by atoms with Crippen molar-refractivity contribution < 1.29 is 28.6 Å². The van der Waals surface area contributed by atoms with E-state index in [0.717, 1.165) is 24.8 Å². The van der Waals surface area contributed by atoms with E-state index in [1.54, 1.807) is 49.1 Å². The van der Waals surface area contributed by atoms with E-state index in [1.807, 2.05) is 24.3 Å². The predicted octanol–water partition coefficient (Wildman–Crippen LogP) is 2.97. The van der Waals surface area contributed by atoms with Gasteiger partial charge in [-0.15, -0.1) is 0 Å². The maximum absolute atomic E-state index is 13.3. The zero-order valence-corrected chi connectivity index (χ0v) is 21.8. The van der Waals surface area contributed by atoms with Gasteiger partial charge in [0.25, 0.3) is 11.8 Å². The van der Waals surface area contributed by atoms with E-state index in [-0.39, 0.29) is 31.1 Å². The summed E-state index contributed by atoms with van der Waals surface area (Å²) in [7, 11) is 5.16. The molecule has 2 aromatic rings. The Bertz CT molecular complexity index is 1140. The molecule has 9 nitrogen and oxygen atoms in total. The number of hydrogen-bond donors (Lipinski definition) is 0. The Morgan fingerprint density at radius 1 is 1.00 bits per heavy atom. The third-order valence-corrected chi connectivity index (χ3v) is 6.97. The SMILES string of the molecule is CN(CCC[C@H]1C(=O)N(C)CCCCc2ccccc2OCC(=O)N1C)C(=O)c1ccc2c(c1)OCO2. The molecule has 2 heterocycles. The lowest BCUT2D eigenvalue weighted by molar-refractivity contribution is -0.145. The normalized spacial score (nSPS) is 18.3. The van der Waals surface area contributed by atoms with E-state index >= 15 is 0 Å².